The van der Waals surface area contributed by atoms with E-state index in [1.165, 1.54) is 0 Å². The second-order valence-corrected chi connectivity index (χ2v) is 1.63. The number of hydrogen-bond donors (Lipinski definition) is 2. The van der Waals surface area contributed by atoms with Gasteiger partial charge in [0.15, 0.2) is 0 Å². The Kier molecular flexibility index (Phi) is 1.25. The van der Waals surface area contributed by atoms with Crippen LogP contribution in [0.5, 0.6) is 0 Å². The first-order valence-corrected chi connectivity index (χ1v) is 2.24. The number of rotatable bonds is 0. The van der Waals surface area contributed by atoms with E-state index < -0.39 is 0 Å². The first-order chi connectivity index (χ1) is 3.30. The minimum atomic E-state index is 0.872. The molecule has 4 heteroatoms. The molecule has 0 aromatic rings. The second-order valence-electron chi connectivity index (χ2n) is 1.63. The summed E-state index contributed by atoms with van der Waals surface area (Å²) < 4.78 is 0. The van der Waals surface area contributed by atoms with E-state index in [0.717, 1.165) is 6.67 Å². The highest BCUT2D eigenvalue weighted by atomic mass is 15.9. The van der Waals surface area contributed by atoms with Crippen LogP contribution in [0.25, 0.3) is 0 Å². The van der Waals surface area contributed by atoms with Gasteiger partial charge in [-0.25, -0.2) is 10.4 Å². The van der Waals surface area contributed by atoms with Crippen molar-refractivity contribution in [1.29, 1.82) is 0 Å². The lowest BCUT2D eigenvalue weighted by Crippen LogP contribution is -2.37. The third-order valence-corrected chi connectivity index (χ3v) is 1.06. The van der Waals surface area contributed by atoms with Crippen molar-refractivity contribution in [3.8, 4) is 0 Å². The molecule has 7 heavy (non-hydrogen) atoms. The van der Waals surface area contributed by atoms with Crippen LogP contribution >= 0.6 is 0 Å². The molecule has 1 heterocycles. The van der Waals surface area contributed by atoms with Crippen LogP contribution in [-0.2, 0) is 0 Å². The Hall–Kier alpha value is -0.160. The van der Waals surface area contributed by atoms with E-state index >= 15 is 0 Å². The van der Waals surface area contributed by atoms with Gasteiger partial charge in [0.2, 0.25) is 0 Å². The molecule has 0 aliphatic carbocycles. The Morgan fingerprint density at radius 2 is 2.14 bits per heavy atom. The zero-order valence-electron chi connectivity index (χ0n) is 4.60. The van der Waals surface area contributed by atoms with Crippen LogP contribution in [0, 0.1) is 0 Å². The van der Waals surface area contributed by atoms with Crippen molar-refractivity contribution in [2.24, 2.45) is 0 Å². The monoisotopic (exact) mass is 102 g/mol. The maximum absolute atomic E-state index is 2.92. The van der Waals surface area contributed by atoms with Gasteiger partial charge in [0.05, 0.1) is 6.67 Å². The Labute approximate surface area is 43.0 Å². The molecule has 1 aliphatic rings. The smallest absolute Gasteiger partial charge is 0.0778 e. The third-order valence-electron chi connectivity index (χ3n) is 1.06. The standard InChI is InChI=1S/C3H10N4/c1-6-3-4-5-7(6)2/h4-5H,3H2,1-2H3. The highest BCUT2D eigenvalue weighted by Crippen LogP contribution is 1.85. The van der Waals surface area contributed by atoms with Crippen molar-refractivity contribution < 1.29 is 0 Å². The van der Waals surface area contributed by atoms with Crippen molar-refractivity contribution in [3.05, 3.63) is 0 Å². The fraction of sp³-hybridized carbons (Fsp3) is 1.00. The molecule has 1 rings (SSSR count). The fourth-order valence-electron chi connectivity index (χ4n) is 0.456. The molecular weight excluding hydrogens is 92.1 g/mol. The summed E-state index contributed by atoms with van der Waals surface area (Å²) in [6, 6.07) is 0. The minimum Gasteiger partial charge on any atom is -0.227 e. The van der Waals surface area contributed by atoms with Gasteiger partial charge < -0.3 is 0 Å². The molecule has 1 saturated heterocycles. The predicted molar refractivity (Wildman–Crippen MR) is 26.7 cm³/mol. The molecule has 0 saturated carbocycles. The minimum absolute atomic E-state index is 0.872. The Balaban J connectivity index is 2.33. The summed E-state index contributed by atoms with van der Waals surface area (Å²) in [7, 11) is 3.94. The van der Waals surface area contributed by atoms with E-state index in [2.05, 4.69) is 11.0 Å². The summed E-state index contributed by atoms with van der Waals surface area (Å²) in [5.74, 6) is 0. The quantitative estimate of drug-likeness (QED) is 0.400. The van der Waals surface area contributed by atoms with Gasteiger partial charge in [0.25, 0.3) is 0 Å². The highest BCUT2D eigenvalue weighted by molar-refractivity contribution is 4.42. The van der Waals surface area contributed by atoms with Gasteiger partial charge in [-0.15, -0.1) is 0 Å². The summed E-state index contributed by atoms with van der Waals surface area (Å²) >= 11 is 0. The van der Waals surface area contributed by atoms with Gasteiger partial charge in [-0.05, 0) is 0 Å². The molecule has 0 unspecified atom stereocenters. The summed E-state index contributed by atoms with van der Waals surface area (Å²) in [4.78, 5) is 0. The van der Waals surface area contributed by atoms with Gasteiger partial charge in [-0.1, -0.05) is 0 Å². The van der Waals surface area contributed by atoms with Gasteiger partial charge in [0, 0.05) is 14.1 Å². The average Bonchev–Trinajstić information content (AvgIpc) is 1.91. The summed E-state index contributed by atoms with van der Waals surface area (Å²) in [6.07, 6.45) is 0. The number of nitrogens with zero attached hydrogens (tertiary/aromatic N) is 2. The zero-order chi connectivity index (χ0) is 5.28. The zero-order valence-corrected chi connectivity index (χ0v) is 4.60. The third kappa shape index (κ3) is 0.889. The molecule has 2 N–H and O–H groups in total. The number of hydrazine groups is 3. The van der Waals surface area contributed by atoms with Gasteiger partial charge >= 0.3 is 0 Å². The van der Waals surface area contributed by atoms with E-state index in [9.17, 15) is 0 Å². The van der Waals surface area contributed by atoms with Crippen LogP contribution in [0.4, 0.5) is 0 Å². The molecular formula is C3H10N4. The first kappa shape index (κ1) is 4.99. The summed E-state index contributed by atoms with van der Waals surface area (Å²) in [5.41, 5.74) is 5.80. The van der Waals surface area contributed by atoms with E-state index in [-0.39, 0.29) is 0 Å². The average molecular weight is 102 g/mol. The van der Waals surface area contributed by atoms with Crippen molar-refractivity contribution >= 4 is 0 Å². The van der Waals surface area contributed by atoms with Crippen LogP contribution in [-0.4, -0.2) is 30.9 Å². The second kappa shape index (κ2) is 1.75. The maximum atomic E-state index is 2.92. The SMILES string of the molecule is CN1CNNN1C. The van der Waals surface area contributed by atoms with Crippen LogP contribution in [0.1, 0.15) is 0 Å². The lowest BCUT2D eigenvalue weighted by molar-refractivity contribution is 0.0439. The molecule has 0 radical (unpaired) electrons. The van der Waals surface area contributed by atoms with Crippen LogP contribution in [0.2, 0.25) is 0 Å². The number of hydrogen-bond acceptors (Lipinski definition) is 4. The maximum Gasteiger partial charge on any atom is 0.0778 e. The van der Waals surface area contributed by atoms with E-state index in [1.54, 1.807) is 0 Å². The van der Waals surface area contributed by atoms with Crippen LogP contribution < -0.4 is 11.0 Å². The first-order valence-electron chi connectivity index (χ1n) is 2.24. The van der Waals surface area contributed by atoms with Gasteiger partial charge in [-0.3, -0.25) is 0 Å². The predicted octanol–water partition coefficient (Wildman–Crippen LogP) is -1.25. The largest absolute Gasteiger partial charge is 0.227 e. The lowest BCUT2D eigenvalue weighted by Gasteiger charge is -2.14. The van der Waals surface area contributed by atoms with Crippen LogP contribution in [0.3, 0.4) is 0 Å². The highest BCUT2D eigenvalue weighted by Gasteiger charge is 2.09. The molecule has 0 amide bonds. The van der Waals surface area contributed by atoms with E-state index in [1.807, 2.05) is 24.2 Å². The van der Waals surface area contributed by atoms with Crippen molar-refractivity contribution in [2.75, 3.05) is 20.8 Å². The van der Waals surface area contributed by atoms with Gasteiger partial charge in [0.1, 0.15) is 0 Å². The number of nitrogens with one attached hydrogen (secondary N) is 2. The Morgan fingerprint density at radius 3 is 2.29 bits per heavy atom. The molecule has 0 atom stereocenters. The van der Waals surface area contributed by atoms with E-state index in [0.29, 0.717) is 0 Å². The molecule has 0 aromatic carbocycles. The van der Waals surface area contributed by atoms with Crippen molar-refractivity contribution in [3.63, 3.8) is 0 Å². The summed E-state index contributed by atoms with van der Waals surface area (Å²) in [6.45, 7) is 0.872. The molecule has 0 bridgehead atoms. The van der Waals surface area contributed by atoms with Crippen LogP contribution in [0.15, 0.2) is 0 Å². The molecule has 1 fully saturated rings. The molecule has 1 aliphatic heterocycles. The molecule has 4 nitrogen and oxygen atoms in total. The molecule has 0 aromatic heterocycles. The van der Waals surface area contributed by atoms with Crippen molar-refractivity contribution in [1.82, 2.24) is 21.1 Å². The van der Waals surface area contributed by atoms with E-state index in [4.69, 9.17) is 0 Å². The molecule has 0 spiro atoms. The summed E-state index contributed by atoms with van der Waals surface area (Å²) in [5, 5.41) is 3.89. The fourth-order valence-corrected chi connectivity index (χ4v) is 0.456. The Bertz CT molecular complexity index is 56.0. The topological polar surface area (TPSA) is 30.5 Å². The lowest BCUT2D eigenvalue weighted by atomic mass is 11.0. The van der Waals surface area contributed by atoms with Crippen molar-refractivity contribution in [2.45, 2.75) is 0 Å². The van der Waals surface area contributed by atoms with Gasteiger partial charge in [-0.2, -0.15) is 10.7 Å². The molecule has 42 valence electrons. The Morgan fingerprint density at radius 1 is 1.43 bits per heavy atom. The normalized spacial score (nSPS) is 26.6.